The van der Waals surface area contributed by atoms with Crippen LogP contribution in [-0.4, -0.2) is 11.2 Å². The highest BCUT2D eigenvalue weighted by Gasteiger charge is 2.61. The minimum absolute atomic E-state index is 0.0935. The van der Waals surface area contributed by atoms with E-state index in [9.17, 15) is 5.11 Å². The Labute approximate surface area is 187 Å². The average molecular weight is 414 g/mol. The Hall–Kier alpha value is -0.300. The molecule has 30 heavy (non-hydrogen) atoms. The first-order valence-corrected chi connectivity index (χ1v) is 13.3. The van der Waals surface area contributed by atoms with E-state index in [0.29, 0.717) is 16.7 Å². The van der Waals surface area contributed by atoms with Gasteiger partial charge in [0.25, 0.3) is 0 Å². The minimum atomic E-state index is -0.297. The summed E-state index contributed by atoms with van der Waals surface area (Å²) in [5.41, 5.74) is 2.50. The maximum absolute atomic E-state index is 10.3. The first-order chi connectivity index (χ1) is 14.5. The summed E-state index contributed by atoms with van der Waals surface area (Å²) < 4.78 is 8.52. The van der Waals surface area contributed by atoms with Crippen molar-refractivity contribution in [3.8, 4) is 0 Å². The van der Waals surface area contributed by atoms with Gasteiger partial charge in [-0.3, -0.25) is 0 Å². The molecule has 0 aromatic heterocycles. The molecule has 0 spiro atoms. The summed E-state index contributed by atoms with van der Waals surface area (Å²) in [6.45, 7) is 14.4. The van der Waals surface area contributed by atoms with Gasteiger partial charge < -0.3 is 5.11 Å². The molecule has 0 aromatic rings. The summed E-state index contributed by atoms with van der Waals surface area (Å²) >= 11 is 0. The van der Waals surface area contributed by atoms with Gasteiger partial charge in [-0.2, -0.15) is 0 Å². The van der Waals surface area contributed by atoms with E-state index in [4.69, 9.17) is 1.37 Å². The second kappa shape index (κ2) is 7.36. The molecular formula is C29H48O. The van der Waals surface area contributed by atoms with E-state index >= 15 is 0 Å². The monoisotopic (exact) mass is 413 g/mol. The fourth-order valence-electron chi connectivity index (χ4n) is 9.69. The van der Waals surface area contributed by atoms with Gasteiger partial charge in [-0.1, -0.05) is 53.2 Å². The Morgan fingerprint density at radius 1 is 1.00 bits per heavy atom. The molecule has 0 aliphatic heterocycles. The van der Waals surface area contributed by atoms with Gasteiger partial charge in [0.1, 0.15) is 0 Å². The molecule has 170 valence electrons. The van der Waals surface area contributed by atoms with Crippen molar-refractivity contribution in [3.63, 3.8) is 0 Å². The van der Waals surface area contributed by atoms with Crippen molar-refractivity contribution >= 4 is 0 Å². The third-order valence-electron chi connectivity index (χ3n) is 11.9. The minimum Gasteiger partial charge on any atom is -0.393 e. The van der Waals surface area contributed by atoms with Crippen molar-refractivity contribution in [3.05, 3.63) is 11.6 Å². The van der Waals surface area contributed by atoms with Crippen LogP contribution >= 0.6 is 0 Å². The fourth-order valence-corrected chi connectivity index (χ4v) is 9.69. The van der Waals surface area contributed by atoms with Crippen LogP contribution in [0.5, 0.6) is 0 Å². The standard InChI is InChI=1S/C29H48O/c1-17(2)18(3)23-16-24(23)19(4)25-9-10-26-22-8-7-20-15-21(30)11-13-28(20,5)27(22)12-14-29(25,26)6/h7,17-19,21-27,30H,8-16H2,1-6H3/t18-,19+,21-,22-,23?,24?,25+,26-,27-,28-,29+/m0/s1/i17D. The lowest BCUT2D eigenvalue weighted by molar-refractivity contribution is -0.0586. The SMILES string of the molecule is [2H]C(C)(C)[C@H](C)C1CC1[C@@H](C)[C@H]1CC[C@H]2[C@@H]3CC=C4C[C@@H](O)CC[C@]4(C)[C@H]3CC[C@]12C. The fraction of sp³-hybridized carbons (Fsp3) is 0.931. The molecule has 1 N–H and O–H groups in total. The third-order valence-corrected chi connectivity index (χ3v) is 11.9. The maximum Gasteiger partial charge on any atom is 0.0577 e. The number of hydrogen-bond donors (Lipinski definition) is 1. The smallest absolute Gasteiger partial charge is 0.0577 e. The molecule has 5 rings (SSSR count). The highest BCUT2D eigenvalue weighted by Crippen LogP contribution is 2.69. The largest absolute Gasteiger partial charge is 0.393 e. The van der Waals surface area contributed by atoms with Gasteiger partial charge in [0.15, 0.2) is 0 Å². The molecule has 5 aliphatic rings. The second-order valence-corrected chi connectivity index (χ2v) is 13.2. The molecular weight excluding hydrogens is 364 g/mol. The summed E-state index contributed by atoms with van der Waals surface area (Å²) in [6, 6.07) is 0. The van der Waals surface area contributed by atoms with Crippen molar-refractivity contribution in [1.82, 2.24) is 0 Å². The molecule has 0 radical (unpaired) electrons. The Morgan fingerprint density at radius 2 is 1.77 bits per heavy atom. The topological polar surface area (TPSA) is 20.2 Å². The lowest BCUT2D eigenvalue weighted by Gasteiger charge is -2.58. The van der Waals surface area contributed by atoms with Crippen LogP contribution in [0.15, 0.2) is 11.6 Å². The van der Waals surface area contributed by atoms with E-state index in [2.05, 4.69) is 47.6 Å². The van der Waals surface area contributed by atoms with Crippen molar-refractivity contribution in [1.29, 1.82) is 0 Å². The zero-order valence-electron chi connectivity index (χ0n) is 21.6. The average Bonchev–Trinajstić information content (AvgIpc) is 3.41. The molecule has 0 saturated heterocycles. The molecule has 1 nitrogen and oxygen atoms in total. The molecule has 0 amide bonds. The number of rotatable bonds is 4. The molecule has 4 saturated carbocycles. The lowest BCUT2D eigenvalue weighted by Crippen LogP contribution is -2.51. The molecule has 4 fully saturated rings. The van der Waals surface area contributed by atoms with E-state index < -0.39 is 0 Å². The molecule has 1 heteroatoms. The van der Waals surface area contributed by atoms with Crippen LogP contribution in [0.2, 0.25) is 0 Å². The number of aliphatic hydroxyl groups is 1. The van der Waals surface area contributed by atoms with Crippen molar-refractivity contribution < 1.29 is 6.48 Å². The first kappa shape index (κ1) is 20.3. The summed E-state index contributed by atoms with van der Waals surface area (Å²) in [4.78, 5) is 0. The molecule has 0 aromatic carbocycles. The number of hydrogen-bond acceptors (Lipinski definition) is 1. The van der Waals surface area contributed by atoms with Crippen LogP contribution in [-0.2, 0) is 0 Å². The van der Waals surface area contributed by atoms with E-state index in [1.165, 1.54) is 44.9 Å². The summed E-state index contributed by atoms with van der Waals surface area (Å²) in [5, 5.41) is 10.3. The van der Waals surface area contributed by atoms with Gasteiger partial charge in [0.2, 0.25) is 0 Å². The highest BCUT2D eigenvalue weighted by molar-refractivity contribution is 5.25. The normalized spacial score (nSPS) is 53.0. The van der Waals surface area contributed by atoms with Crippen LogP contribution in [0.4, 0.5) is 0 Å². The van der Waals surface area contributed by atoms with E-state index in [1.807, 2.05) is 0 Å². The number of allylic oxidation sites excluding steroid dienone is 1. The summed E-state index contributed by atoms with van der Waals surface area (Å²) in [5.74, 6) is 6.23. The molecule has 5 aliphatic carbocycles. The molecule has 0 heterocycles. The Balaban J connectivity index is 1.33. The lowest BCUT2D eigenvalue weighted by atomic mass is 9.47. The van der Waals surface area contributed by atoms with E-state index in [-0.39, 0.29) is 12.0 Å². The predicted octanol–water partition coefficient (Wildman–Crippen LogP) is 7.49. The number of aliphatic hydroxyl groups excluding tert-OH is 1. The van der Waals surface area contributed by atoms with Crippen LogP contribution in [0.3, 0.4) is 0 Å². The Bertz CT molecular complexity index is 736. The quantitative estimate of drug-likeness (QED) is 0.473. The van der Waals surface area contributed by atoms with Gasteiger partial charge in [-0.25, -0.2) is 0 Å². The summed E-state index contributed by atoms with van der Waals surface area (Å²) in [6.07, 6.45) is 14.0. The second-order valence-electron chi connectivity index (χ2n) is 13.2. The van der Waals surface area contributed by atoms with Crippen LogP contribution in [0, 0.1) is 64.1 Å². The molecule has 0 bridgehead atoms. The van der Waals surface area contributed by atoms with Gasteiger partial charge in [0, 0.05) is 1.37 Å². The zero-order chi connectivity index (χ0) is 22.3. The molecule has 11 atom stereocenters. The van der Waals surface area contributed by atoms with Crippen molar-refractivity contribution in [2.75, 3.05) is 0 Å². The Morgan fingerprint density at radius 3 is 2.50 bits per heavy atom. The summed E-state index contributed by atoms with van der Waals surface area (Å²) in [7, 11) is 0. The van der Waals surface area contributed by atoms with Crippen LogP contribution < -0.4 is 0 Å². The Kier molecular flexibility index (Phi) is 4.98. The highest BCUT2D eigenvalue weighted by atomic mass is 16.3. The third kappa shape index (κ3) is 3.11. The van der Waals surface area contributed by atoms with Crippen molar-refractivity contribution in [2.45, 2.75) is 105 Å². The first-order valence-electron chi connectivity index (χ1n) is 13.8. The van der Waals surface area contributed by atoms with Gasteiger partial charge in [-0.05, 0) is 122 Å². The van der Waals surface area contributed by atoms with Gasteiger partial charge in [-0.15, -0.1) is 0 Å². The zero-order valence-corrected chi connectivity index (χ0v) is 20.6. The van der Waals surface area contributed by atoms with E-state index in [1.54, 1.807) is 5.57 Å². The van der Waals surface area contributed by atoms with E-state index in [0.717, 1.165) is 54.3 Å². The predicted molar refractivity (Wildman–Crippen MR) is 126 cm³/mol. The van der Waals surface area contributed by atoms with Crippen LogP contribution in [0.1, 0.15) is 101 Å². The van der Waals surface area contributed by atoms with Gasteiger partial charge in [0.05, 0.1) is 6.10 Å². The maximum atomic E-state index is 10.3. The van der Waals surface area contributed by atoms with Crippen molar-refractivity contribution in [2.24, 2.45) is 64.1 Å². The number of fused-ring (bicyclic) bond motifs is 5. The molecule has 2 unspecified atom stereocenters. The van der Waals surface area contributed by atoms with Gasteiger partial charge >= 0.3 is 0 Å². The van der Waals surface area contributed by atoms with Crippen LogP contribution in [0.25, 0.3) is 0 Å².